The summed E-state index contributed by atoms with van der Waals surface area (Å²) in [7, 11) is 1.65. The molecular formula is C17H16N2OS. The van der Waals surface area contributed by atoms with E-state index in [4.69, 9.17) is 4.74 Å². The van der Waals surface area contributed by atoms with Crippen LogP contribution in [-0.4, -0.2) is 12.1 Å². The average Bonchev–Trinajstić information content (AvgIpc) is 2.53. The fraction of sp³-hybridized carbons (Fsp3) is 0.294. The largest absolute Gasteiger partial charge is 0.497 e. The summed E-state index contributed by atoms with van der Waals surface area (Å²) in [5.41, 5.74) is 4.90. The Balaban J connectivity index is 2.23. The Hall–Kier alpha value is -1.99. The van der Waals surface area contributed by atoms with Crippen molar-refractivity contribution in [2.45, 2.75) is 30.7 Å². The molecular weight excluding hydrogens is 280 g/mol. The molecule has 1 aromatic heterocycles. The summed E-state index contributed by atoms with van der Waals surface area (Å²) in [6.07, 6.45) is 4.25. The highest BCUT2D eigenvalue weighted by Crippen LogP contribution is 2.36. The maximum absolute atomic E-state index is 9.50. The number of benzene rings is 1. The third-order valence-corrected chi connectivity index (χ3v) is 4.27. The second-order valence-electron chi connectivity index (χ2n) is 5.16. The predicted octanol–water partition coefficient (Wildman–Crippen LogP) is 3.80. The topological polar surface area (TPSA) is 45.9 Å². The number of hydrogen-bond acceptors (Lipinski definition) is 4. The molecule has 0 fully saturated rings. The van der Waals surface area contributed by atoms with E-state index in [0.29, 0.717) is 10.6 Å². The van der Waals surface area contributed by atoms with Crippen molar-refractivity contribution in [2.24, 2.45) is 0 Å². The molecule has 0 radical (unpaired) electrons. The molecule has 0 bridgehead atoms. The number of aryl methyl sites for hydroxylation is 1. The molecule has 0 amide bonds. The molecule has 0 N–H and O–H groups in total. The van der Waals surface area contributed by atoms with E-state index in [2.05, 4.69) is 23.7 Å². The third-order valence-electron chi connectivity index (χ3n) is 3.95. The number of fused-ring (bicyclic) bond motifs is 1. The van der Waals surface area contributed by atoms with Crippen molar-refractivity contribution >= 4 is 12.6 Å². The van der Waals surface area contributed by atoms with E-state index in [9.17, 15) is 5.26 Å². The molecule has 0 atom stereocenters. The van der Waals surface area contributed by atoms with Gasteiger partial charge >= 0.3 is 0 Å². The number of nitriles is 1. The maximum Gasteiger partial charge on any atom is 0.118 e. The van der Waals surface area contributed by atoms with E-state index >= 15 is 0 Å². The quantitative estimate of drug-likeness (QED) is 0.857. The summed E-state index contributed by atoms with van der Waals surface area (Å²) in [5, 5.41) is 10.0. The molecule has 1 aliphatic rings. The standard InChI is InChI=1S/C17H16N2OS/c1-20-12-8-6-11(7-9-12)16-13-4-2-3-5-15(13)19-17(21)14(16)10-18/h6-9H,2-5H2,1H3,(H,19,21). The van der Waals surface area contributed by atoms with Crippen LogP contribution in [0.25, 0.3) is 11.1 Å². The Bertz CT molecular complexity index is 717. The first-order valence-corrected chi connectivity index (χ1v) is 7.48. The minimum Gasteiger partial charge on any atom is -0.497 e. The lowest BCUT2D eigenvalue weighted by molar-refractivity contribution is 0.415. The van der Waals surface area contributed by atoms with Gasteiger partial charge in [-0.2, -0.15) is 5.26 Å². The summed E-state index contributed by atoms with van der Waals surface area (Å²) in [6.45, 7) is 0. The zero-order valence-electron chi connectivity index (χ0n) is 11.9. The first-order valence-electron chi connectivity index (χ1n) is 7.04. The number of aromatic nitrogens is 1. The molecule has 0 unspecified atom stereocenters. The normalized spacial score (nSPS) is 13.4. The van der Waals surface area contributed by atoms with E-state index in [1.165, 1.54) is 5.56 Å². The van der Waals surface area contributed by atoms with Crippen LogP contribution in [0, 0.1) is 11.3 Å². The average molecular weight is 296 g/mol. The van der Waals surface area contributed by atoms with Gasteiger partial charge in [0.15, 0.2) is 0 Å². The Morgan fingerprint density at radius 2 is 1.90 bits per heavy atom. The Morgan fingerprint density at radius 1 is 1.19 bits per heavy atom. The van der Waals surface area contributed by atoms with Crippen LogP contribution in [0.1, 0.15) is 29.7 Å². The zero-order chi connectivity index (χ0) is 14.8. The molecule has 1 heterocycles. The van der Waals surface area contributed by atoms with E-state index in [1.807, 2.05) is 24.3 Å². The Kier molecular flexibility index (Phi) is 3.85. The molecule has 0 saturated carbocycles. The minimum atomic E-state index is 0.531. The first kappa shape index (κ1) is 14.0. The smallest absolute Gasteiger partial charge is 0.118 e. The van der Waals surface area contributed by atoms with Crippen molar-refractivity contribution in [1.82, 2.24) is 4.98 Å². The molecule has 0 aliphatic heterocycles. The lowest BCUT2D eigenvalue weighted by Crippen LogP contribution is -2.10. The molecule has 106 valence electrons. The monoisotopic (exact) mass is 296 g/mol. The van der Waals surface area contributed by atoms with Gasteiger partial charge < -0.3 is 4.74 Å². The molecule has 21 heavy (non-hydrogen) atoms. The van der Waals surface area contributed by atoms with Gasteiger partial charge in [0.05, 0.1) is 12.7 Å². The molecule has 0 spiro atoms. The van der Waals surface area contributed by atoms with Gasteiger partial charge in [-0.15, -0.1) is 12.6 Å². The van der Waals surface area contributed by atoms with Gasteiger partial charge in [-0.3, -0.25) is 0 Å². The third kappa shape index (κ3) is 2.50. The van der Waals surface area contributed by atoms with Crippen molar-refractivity contribution in [1.29, 1.82) is 5.26 Å². The fourth-order valence-electron chi connectivity index (χ4n) is 2.91. The number of rotatable bonds is 2. The van der Waals surface area contributed by atoms with Crippen LogP contribution in [0.2, 0.25) is 0 Å². The fourth-order valence-corrected chi connectivity index (χ4v) is 3.19. The minimum absolute atomic E-state index is 0.531. The molecule has 0 saturated heterocycles. The number of methoxy groups -OCH3 is 1. The number of nitrogens with zero attached hydrogens (tertiary/aromatic N) is 2. The van der Waals surface area contributed by atoms with Crippen LogP contribution in [0.15, 0.2) is 29.3 Å². The number of ether oxygens (including phenoxy) is 1. The second-order valence-corrected chi connectivity index (χ2v) is 5.58. The summed E-state index contributed by atoms with van der Waals surface area (Å²) >= 11 is 4.41. The molecule has 3 nitrogen and oxygen atoms in total. The molecule has 1 aliphatic carbocycles. The highest BCUT2D eigenvalue weighted by molar-refractivity contribution is 7.80. The van der Waals surface area contributed by atoms with E-state index in [1.54, 1.807) is 7.11 Å². The number of hydrogen-bond donors (Lipinski definition) is 1. The second kappa shape index (κ2) is 5.79. The SMILES string of the molecule is COc1ccc(-c2c(C#N)c(S)nc3c2CCCC3)cc1. The highest BCUT2D eigenvalue weighted by atomic mass is 32.1. The van der Waals surface area contributed by atoms with Gasteiger partial charge in [-0.1, -0.05) is 12.1 Å². The Morgan fingerprint density at radius 3 is 2.57 bits per heavy atom. The van der Waals surface area contributed by atoms with Gasteiger partial charge in [0, 0.05) is 11.3 Å². The number of thiol groups is 1. The summed E-state index contributed by atoms with van der Waals surface area (Å²) < 4.78 is 5.21. The van der Waals surface area contributed by atoms with Gasteiger partial charge in [0.25, 0.3) is 0 Å². The Labute approximate surface area is 130 Å². The lowest BCUT2D eigenvalue weighted by atomic mass is 9.87. The summed E-state index contributed by atoms with van der Waals surface area (Å²) in [4.78, 5) is 4.52. The number of pyridine rings is 1. The van der Waals surface area contributed by atoms with Crippen LogP contribution >= 0.6 is 12.6 Å². The van der Waals surface area contributed by atoms with Gasteiger partial charge in [-0.25, -0.2) is 4.98 Å². The van der Waals surface area contributed by atoms with Crippen molar-refractivity contribution < 1.29 is 4.74 Å². The van der Waals surface area contributed by atoms with Crippen LogP contribution < -0.4 is 4.74 Å². The van der Waals surface area contributed by atoms with Crippen LogP contribution in [0.4, 0.5) is 0 Å². The van der Waals surface area contributed by atoms with Crippen molar-refractivity contribution in [3.8, 4) is 22.9 Å². The van der Waals surface area contributed by atoms with E-state index < -0.39 is 0 Å². The van der Waals surface area contributed by atoms with Crippen LogP contribution in [0.5, 0.6) is 5.75 Å². The van der Waals surface area contributed by atoms with Gasteiger partial charge in [0.1, 0.15) is 16.8 Å². The molecule has 3 rings (SSSR count). The van der Waals surface area contributed by atoms with Crippen molar-refractivity contribution in [3.05, 3.63) is 41.1 Å². The van der Waals surface area contributed by atoms with Crippen molar-refractivity contribution in [2.75, 3.05) is 7.11 Å². The van der Waals surface area contributed by atoms with E-state index in [-0.39, 0.29) is 0 Å². The lowest BCUT2D eigenvalue weighted by Gasteiger charge is -2.21. The zero-order valence-corrected chi connectivity index (χ0v) is 12.8. The van der Waals surface area contributed by atoms with E-state index in [0.717, 1.165) is 48.3 Å². The van der Waals surface area contributed by atoms with Gasteiger partial charge in [0.2, 0.25) is 0 Å². The highest BCUT2D eigenvalue weighted by Gasteiger charge is 2.21. The van der Waals surface area contributed by atoms with Gasteiger partial charge in [-0.05, 0) is 48.9 Å². The maximum atomic E-state index is 9.50. The molecule has 4 heteroatoms. The van der Waals surface area contributed by atoms with Crippen molar-refractivity contribution in [3.63, 3.8) is 0 Å². The predicted molar refractivity (Wildman–Crippen MR) is 84.8 cm³/mol. The first-order chi connectivity index (χ1) is 10.2. The summed E-state index contributed by atoms with van der Waals surface area (Å²) in [5.74, 6) is 0.811. The van der Waals surface area contributed by atoms with Crippen LogP contribution in [0.3, 0.4) is 0 Å². The summed E-state index contributed by atoms with van der Waals surface area (Å²) in [6, 6.07) is 10.1. The molecule has 1 aromatic carbocycles. The molecule has 2 aromatic rings. The van der Waals surface area contributed by atoms with Crippen LogP contribution in [-0.2, 0) is 12.8 Å².